The fourth-order valence-electron chi connectivity index (χ4n) is 1.53. The van der Waals surface area contributed by atoms with E-state index in [9.17, 15) is 9.59 Å². The highest BCUT2D eigenvalue weighted by Gasteiger charge is 2.15. The van der Waals surface area contributed by atoms with E-state index in [1.807, 2.05) is 30.3 Å². The van der Waals surface area contributed by atoms with Crippen molar-refractivity contribution in [3.05, 3.63) is 65.8 Å². The Morgan fingerprint density at radius 2 is 1.75 bits per heavy atom. The lowest BCUT2D eigenvalue weighted by molar-refractivity contribution is -0.134. The minimum atomic E-state index is -1.15. The lowest BCUT2D eigenvalue weighted by atomic mass is 9.96. The molecule has 0 spiro atoms. The summed E-state index contributed by atoms with van der Waals surface area (Å²) in [5, 5.41) is 17.9. The van der Waals surface area contributed by atoms with Crippen LogP contribution in [0.3, 0.4) is 0 Å². The van der Waals surface area contributed by atoms with Gasteiger partial charge in [0.2, 0.25) is 0 Å². The Morgan fingerprint density at radius 1 is 1.15 bits per heavy atom. The van der Waals surface area contributed by atoms with Gasteiger partial charge in [-0.05, 0) is 12.5 Å². The van der Waals surface area contributed by atoms with Crippen molar-refractivity contribution >= 4 is 18.0 Å². The highest BCUT2D eigenvalue weighted by molar-refractivity contribution is 5.89. The van der Waals surface area contributed by atoms with Gasteiger partial charge >= 0.3 is 11.9 Å². The van der Waals surface area contributed by atoms with Gasteiger partial charge in [-0.1, -0.05) is 55.1 Å². The van der Waals surface area contributed by atoms with E-state index in [1.54, 1.807) is 12.2 Å². The number of allylic oxidation sites excluding steroid dienone is 2. The molecule has 104 valence electrons. The first-order chi connectivity index (χ1) is 9.41. The van der Waals surface area contributed by atoms with Crippen LogP contribution in [0.25, 0.3) is 6.08 Å². The predicted molar refractivity (Wildman–Crippen MR) is 77.1 cm³/mol. The van der Waals surface area contributed by atoms with Gasteiger partial charge in [0.1, 0.15) is 0 Å². The fraction of sp³-hybridized carbons (Fsp3) is 0.125. The molecule has 0 saturated carbocycles. The van der Waals surface area contributed by atoms with Gasteiger partial charge in [-0.2, -0.15) is 0 Å². The summed E-state index contributed by atoms with van der Waals surface area (Å²) < 4.78 is 0. The van der Waals surface area contributed by atoms with Crippen LogP contribution in [0.2, 0.25) is 0 Å². The molecule has 0 heterocycles. The minimum Gasteiger partial charge on any atom is -0.478 e. The Labute approximate surface area is 117 Å². The highest BCUT2D eigenvalue weighted by Crippen LogP contribution is 2.17. The summed E-state index contributed by atoms with van der Waals surface area (Å²) in [6.07, 6.45) is 4.74. The van der Waals surface area contributed by atoms with Crippen LogP contribution in [-0.2, 0) is 9.59 Å². The van der Waals surface area contributed by atoms with E-state index < -0.39 is 17.9 Å². The molecule has 1 aromatic rings. The monoisotopic (exact) mass is 272 g/mol. The van der Waals surface area contributed by atoms with Crippen LogP contribution in [0, 0.1) is 5.92 Å². The third-order valence-electron chi connectivity index (χ3n) is 2.74. The molecule has 1 unspecified atom stereocenters. The second-order valence-electron chi connectivity index (χ2n) is 4.28. The van der Waals surface area contributed by atoms with E-state index in [0.717, 1.165) is 5.56 Å². The molecule has 4 heteroatoms. The molecular formula is C16H16O4. The van der Waals surface area contributed by atoms with Crippen molar-refractivity contribution in [1.82, 2.24) is 0 Å². The van der Waals surface area contributed by atoms with Crippen LogP contribution >= 0.6 is 0 Å². The van der Waals surface area contributed by atoms with Crippen molar-refractivity contribution in [2.45, 2.75) is 6.92 Å². The second-order valence-corrected chi connectivity index (χ2v) is 4.28. The molecule has 1 rings (SSSR count). The zero-order chi connectivity index (χ0) is 15.1. The van der Waals surface area contributed by atoms with Gasteiger partial charge in [0, 0.05) is 17.1 Å². The van der Waals surface area contributed by atoms with Gasteiger partial charge in [0.05, 0.1) is 0 Å². The number of hydrogen-bond acceptors (Lipinski definition) is 2. The van der Waals surface area contributed by atoms with Gasteiger partial charge in [0.25, 0.3) is 0 Å². The molecular weight excluding hydrogens is 256 g/mol. The summed E-state index contributed by atoms with van der Waals surface area (Å²) in [5.74, 6) is -2.90. The zero-order valence-electron chi connectivity index (χ0n) is 11.1. The number of rotatable bonds is 6. The van der Waals surface area contributed by atoms with Crippen LogP contribution in [0.5, 0.6) is 0 Å². The van der Waals surface area contributed by atoms with Crippen LogP contribution in [0.4, 0.5) is 0 Å². The van der Waals surface area contributed by atoms with Crippen LogP contribution in [0.15, 0.2) is 60.2 Å². The molecule has 0 aromatic heterocycles. The Balaban J connectivity index is 3.03. The number of hydrogen-bond donors (Lipinski definition) is 2. The first kappa shape index (κ1) is 15.4. The Bertz CT molecular complexity index is 567. The van der Waals surface area contributed by atoms with E-state index >= 15 is 0 Å². The maximum absolute atomic E-state index is 11.0. The first-order valence-electron chi connectivity index (χ1n) is 5.99. The fourth-order valence-corrected chi connectivity index (χ4v) is 1.53. The second kappa shape index (κ2) is 7.09. The summed E-state index contributed by atoms with van der Waals surface area (Å²) in [4.78, 5) is 21.8. The molecule has 0 aliphatic carbocycles. The van der Waals surface area contributed by atoms with E-state index in [0.29, 0.717) is 0 Å². The van der Waals surface area contributed by atoms with Gasteiger partial charge in [0.15, 0.2) is 0 Å². The Kier molecular flexibility index (Phi) is 5.47. The zero-order valence-corrected chi connectivity index (χ0v) is 11.1. The molecule has 0 saturated heterocycles. The third kappa shape index (κ3) is 4.57. The molecule has 1 atom stereocenters. The average Bonchev–Trinajstić information content (AvgIpc) is 2.43. The predicted octanol–water partition coefficient (Wildman–Crippen LogP) is 2.99. The molecule has 0 fully saturated rings. The lowest BCUT2D eigenvalue weighted by Gasteiger charge is -2.08. The van der Waals surface area contributed by atoms with Gasteiger partial charge in [-0.25, -0.2) is 9.59 Å². The SMILES string of the molecule is C=C(C(=O)O)C(C=Cc1ccccc1)C=C(C)C(=O)O. The summed E-state index contributed by atoms with van der Waals surface area (Å²) >= 11 is 0. The van der Waals surface area contributed by atoms with Crippen molar-refractivity contribution < 1.29 is 19.8 Å². The van der Waals surface area contributed by atoms with Gasteiger partial charge < -0.3 is 10.2 Å². The van der Waals surface area contributed by atoms with Crippen LogP contribution in [-0.4, -0.2) is 22.2 Å². The molecule has 0 amide bonds. The maximum atomic E-state index is 11.0. The Morgan fingerprint density at radius 3 is 2.25 bits per heavy atom. The first-order valence-corrected chi connectivity index (χ1v) is 5.99. The molecule has 0 bridgehead atoms. The standard InChI is InChI=1S/C16H16O4/c1-11(15(17)18)10-14(12(2)16(19)20)9-8-13-6-4-3-5-7-13/h3-10,14H,2H2,1H3,(H,17,18)(H,19,20). The van der Waals surface area contributed by atoms with Crippen LogP contribution < -0.4 is 0 Å². The normalized spacial score (nSPS) is 13.2. The topological polar surface area (TPSA) is 74.6 Å². The largest absolute Gasteiger partial charge is 0.478 e. The van der Waals surface area contributed by atoms with E-state index in [2.05, 4.69) is 6.58 Å². The third-order valence-corrected chi connectivity index (χ3v) is 2.74. The van der Waals surface area contributed by atoms with E-state index in [4.69, 9.17) is 10.2 Å². The van der Waals surface area contributed by atoms with Crippen LogP contribution in [0.1, 0.15) is 12.5 Å². The molecule has 1 aromatic carbocycles. The van der Waals surface area contributed by atoms with Crippen molar-refractivity contribution in [2.24, 2.45) is 5.92 Å². The summed E-state index contributed by atoms with van der Waals surface area (Å²) in [6, 6.07) is 9.33. The van der Waals surface area contributed by atoms with Gasteiger partial charge in [-0.3, -0.25) is 0 Å². The summed E-state index contributed by atoms with van der Waals surface area (Å²) in [7, 11) is 0. The number of aliphatic carboxylic acids is 2. The van der Waals surface area contributed by atoms with Crippen molar-refractivity contribution in [3.63, 3.8) is 0 Å². The average molecular weight is 272 g/mol. The van der Waals surface area contributed by atoms with E-state index in [-0.39, 0.29) is 11.1 Å². The lowest BCUT2D eigenvalue weighted by Crippen LogP contribution is -2.09. The van der Waals surface area contributed by atoms with Crippen molar-refractivity contribution in [1.29, 1.82) is 0 Å². The van der Waals surface area contributed by atoms with E-state index in [1.165, 1.54) is 13.0 Å². The molecule has 0 radical (unpaired) electrons. The smallest absolute Gasteiger partial charge is 0.331 e. The van der Waals surface area contributed by atoms with Crippen molar-refractivity contribution in [2.75, 3.05) is 0 Å². The Hall–Kier alpha value is -2.62. The highest BCUT2D eigenvalue weighted by atomic mass is 16.4. The maximum Gasteiger partial charge on any atom is 0.331 e. The number of benzene rings is 1. The van der Waals surface area contributed by atoms with Crippen molar-refractivity contribution in [3.8, 4) is 0 Å². The molecule has 4 nitrogen and oxygen atoms in total. The quantitative estimate of drug-likeness (QED) is 0.781. The minimum absolute atomic E-state index is 0.0715. The molecule has 0 aliphatic rings. The molecule has 2 N–H and O–H groups in total. The number of carbonyl (C=O) groups is 2. The summed E-state index contributed by atoms with van der Waals surface area (Å²) in [6.45, 7) is 4.91. The molecule has 0 aliphatic heterocycles. The number of carboxylic acid groups (broad SMARTS) is 2. The summed E-state index contributed by atoms with van der Waals surface area (Å²) in [5.41, 5.74) is 0.907. The number of carboxylic acids is 2. The van der Waals surface area contributed by atoms with Gasteiger partial charge in [-0.15, -0.1) is 0 Å². The molecule has 20 heavy (non-hydrogen) atoms.